The molecule has 1 aliphatic rings. The van der Waals surface area contributed by atoms with Crippen LogP contribution in [0.1, 0.15) is 55.6 Å². The van der Waals surface area contributed by atoms with Gasteiger partial charge < -0.3 is 5.32 Å². The zero-order chi connectivity index (χ0) is 14.8. The first-order valence-corrected chi connectivity index (χ1v) is 8.35. The van der Waals surface area contributed by atoms with Crippen LogP contribution in [0.25, 0.3) is 0 Å². The Balaban J connectivity index is 1.75. The molecule has 3 rings (SSSR count). The van der Waals surface area contributed by atoms with Gasteiger partial charge in [-0.05, 0) is 53.2 Å². The lowest BCUT2D eigenvalue weighted by Gasteiger charge is -2.16. The Morgan fingerprint density at radius 1 is 1.24 bits per heavy atom. The molecule has 0 bridgehead atoms. The summed E-state index contributed by atoms with van der Waals surface area (Å²) in [6.07, 6.45) is 3.50. The first-order chi connectivity index (χ1) is 10.2. The fourth-order valence-corrected chi connectivity index (χ4v) is 2.78. The van der Waals surface area contributed by atoms with Gasteiger partial charge in [-0.25, -0.2) is 9.97 Å². The van der Waals surface area contributed by atoms with Crippen LogP contribution in [0.2, 0.25) is 0 Å². The molecule has 0 radical (unpaired) electrons. The Kier molecular flexibility index (Phi) is 4.24. The normalized spacial score (nSPS) is 15.8. The highest BCUT2D eigenvalue weighted by molar-refractivity contribution is 9.10. The van der Waals surface area contributed by atoms with Gasteiger partial charge >= 0.3 is 0 Å². The molecular weight excluding hydrogens is 326 g/mol. The SMILES string of the molecule is CCc1ccc(C(C)Nc2cc(Br)nc(C3CC3)n2)cc1. The van der Waals surface area contributed by atoms with E-state index in [4.69, 9.17) is 0 Å². The predicted octanol–water partition coefficient (Wildman–Crippen LogP) is 4.85. The highest BCUT2D eigenvalue weighted by Gasteiger charge is 2.27. The zero-order valence-corrected chi connectivity index (χ0v) is 14.0. The highest BCUT2D eigenvalue weighted by atomic mass is 79.9. The lowest BCUT2D eigenvalue weighted by molar-refractivity contribution is 0.849. The monoisotopic (exact) mass is 345 g/mol. The summed E-state index contributed by atoms with van der Waals surface area (Å²) >= 11 is 3.48. The minimum absolute atomic E-state index is 0.227. The van der Waals surface area contributed by atoms with Crippen molar-refractivity contribution in [1.82, 2.24) is 9.97 Å². The molecule has 21 heavy (non-hydrogen) atoms. The lowest BCUT2D eigenvalue weighted by atomic mass is 10.1. The third-order valence-electron chi connectivity index (χ3n) is 3.91. The van der Waals surface area contributed by atoms with Crippen LogP contribution in [0.15, 0.2) is 34.9 Å². The third-order valence-corrected chi connectivity index (χ3v) is 4.31. The summed E-state index contributed by atoms with van der Waals surface area (Å²) in [5.41, 5.74) is 2.64. The van der Waals surface area contributed by atoms with Crippen LogP contribution < -0.4 is 5.32 Å². The van der Waals surface area contributed by atoms with Crippen molar-refractivity contribution in [2.24, 2.45) is 0 Å². The average molecular weight is 346 g/mol. The molecule has 4 heteroatoms. The molecule has 2 aromatic rings. The van der Waals surface area contributed by atoms with Crippen LogP contribution in [-0.4, -0.2) is 9.97 Å². The summed E-state index contributed by atoms with van der Waals surface area (Å²) in [5.74, 6) is 2.41. The standard InChI is InChI=1S/C17H20BrN3/c1-3-12-4-6-13(7-5-12)11(2)19-16-10-15(18)20-17(21-16)14-8-9-14/h4-7,10-11,14H,3,8-9H2,1-2H3,(H,19,20,21). The summed E-state index contributed by atoms with van der Waals surface area (Å²) < 4.78 is 0.857. The molecule has 0 spiro atoms. The summed E-state index contributed by atoms with van der Waals surface area (Å²) in [4.78, 5) is 9.11. The largest absolute Gasteiger partial charge is 0.363 e. The van der Waals surface area contributed by atoms with E-state index in [1.54, 1.807) is 0 Å². The van der Waals surface area contributed by atoms with Gasteiger partial charge in [0.15, 0.2) is 0 Å². The number of hydrogen-bond donors (Lipinski definition) is 1. The predicted molar refractivity (Wildman–Crippen MR) is 89.6 cm³/mol. The second-order valence-corrected chi connectivity index (χ2v) is 6.48. The number of aryl methyl sites for hydroxylation is 1. The minimum Gasteiger partial charge on any atom is -0.363 e. The highest BCUT2D eigenvalue weighted by Crippen LogP contribution is 2.39. The van der Waals surface area contributed by atoms with Crippen molar-refractivity contribution < 1.29 is 0 Å². The smallest absolute Gasteiger partial charge is 0.135 e. The molecular formula is C17H20BrN3. The number of nitrogens with zero attached hydrogens (tertiary/aromatic N) is 2. The fourth-order valence-electron chi connectivity index (χ4n) is 2.38. The van der Waals surface area contributed by atoms with Crippen molar-refractivity contribution in [2.75, 3.05) is 5.32 Å². The molecule has 1 fully saturated rings. The van der Waals surface area contributed by atoms with E-state index in [1.165, 1.54) is 24.0 Å². The molecule has 1 saturated carbocycles. The molecule has 1 unspecified atom stereocenters. The Hall–Kier alpha value is -1.42. The number of anilines is 1. The first kappa shape index (κ1) is 14.5. The molecule has 1 aromatic heterocycles. The summed E-state index contributed by atoms with van der Waals surface area (Å²) in [6.45, 7) is 4.34. The zero-order valence-electron chi connectivity index (χ0n) is 12.4. The molecule has 0 amide bonds. The van der Waals surface area contributed by atoms with Crippen molar-refractivity contribution in [2.45, 2.75) is 45.1 Å². The molecule has 1 N–H and O–H groups in total. The van der Waals surface area contributed by atoms with Gasteiger partial charge in [-0.1, -0.05) is 31.2 Å². The second kappa shape index (κ2) is 6.14. The van der Waals surface area contributed by atoms with Crippen LogP contribution in [0, 0.1) is 0 Å². The number of aromatic nitrogens is 2. The lowest BCUT2D eigenvalue weighted by Crippen LogP contribution is -2.09. The maximum Gasteiger partial charge on any atom is 0.135 e. The van der Waals surface area contributed by atoms with Gasteiger partial charge in [0.25, 0.3) is 0 Å². The Morgan fingerprint density at radius 2 is 1.95 bits per heavy atom. The number of hydrogen-bond acceptors (Lipinski definition) is 3. The molecule has 0 aliphatic heterocycles. The van der Waals surface area contributed by atoms with E-state index in [0.29, 0.717) is 5.92 Å². The summed E-state index contributed by atoms with van der Waals surface area (Å²) in [5, 5.41) is 3.48. The van der Waals surface area contributed by atoms with Crippen LogP contribution in [-0.2, 0) is 6.42 Å². The second-order valence-electron chi connectivity index (χ2n) is 5.67. The molecule has 110 valence electrons. The van der Waals surface area contributed by atoms with Gasteiger partial charge in [0, 0.05) is 18.0 Å². The topological polar surface area (TPSA) is 37.8 Å². The van der Waals surface area contributed by atoms with E-state index in [1.807, 2.05) is 6.07 Å². The van der Waals surface area contributed by atoms with Gasteiger partial charge in [0.1, 0.15) is 16.2 Å². The quantitative estimate of drug-likeness (QED) is 0.787. The van der Waals surface area contributed by atoms with E-state index in [0.717, 1.165) is 22.7 Å². The minimum atomic E-state index is 0.227. The average Bonchev–Trinajstić information content (AvgIpc) is 3.31. The molecule has 1 aromatic carbocycles. The third kappa shape index (κ3) is 3.62. The van der Waals surface area contributed by atoms with Crippen molar-refractivity contribution in [3.05, 3.63) is 51.9 Å². The van der Waals surface area contributed by atoms with Crippen molar-refractivity contribution >= 4 is 21.7 Å². The number of benzene rings is 1. The summed E-state index contributed by atoms with van der Waals surface area (Å²) in [7, 11) is 0. The number of rotatable bonds is 5. The molecule has 1 atom stereocenters. The van der Waals surface area contributed by atoms with Gasteiger partial charge in [0.05, 0.1) is 0 Å². The molecule has 0 saturated heterocycles. The van der Waals surface area contributed by atoms with E-state index < -0.39 is 0 Å². The fraction of sp³-hybridized carbons (Fsp3) is 0.412. The van der Waals surface area contributed by atoms with E-state index in [2.05, 4.69) is 69.3 Å². The van der Waals surface area contributed by atoms with Crippen LogP contribution >= 0.6 is 15.9 Å². The Bertz CT molecular complexity index is 620. The van der Waals surface area contributed by atoms with Crippen molar-refractivity contribution in [3.8, 4) is 0 Å². The molecule has 1 heterocycles. The first-order valence-electron chi connectivity index (χ1n) is 7.55. The van der Waals surface area contributed by atoms with Gasteiger partial charge in [-0.2, -0.15) is 0 Å². The Morgan fingerprint density at radius 3 is 2.57 bits per heavy atom. The van der Waals surface area contributed by atoms with Crippen LogP contribution in [0.5, 0.6) is 0 Å². The van der Waals surface area contributed by atoms with Gasteiger partial charge in [-0.15, -0.1) is 0 Å². The van der Waals surface area contributed by atoms with Crippen molar-refractivity contribution in [3.63, 3.8) is 0 Å². The number of nitrogens with one attached hydrogen (secondary N) is 1. The maximum atomic E-state index is 4.64. The molecule has 1 aliphatic carbocycles. The summed E-state index contributed by atoms with van der Waals surface area (Å²) in [6, 6.07) is 10.9. The van der Waals surface area contributed by atoms with Crippen LogP contribution in [0.3, 0.4) is 0 Å². The van der Waals surface area contributed by atoms with E-state index >= 15 is 0 Å². The van der Waals surface area contributed by atoms with Crippen LogP contribution in [0.4, 0.5) is 5.82 Å². The van der Waals surface area contributed by atoms with Crippen molar-refractivity contribution in [1.29, 1.82) is 0 Å². The van der Waals surface area contributed by atoms with Gasteiger partial charge in [-0.3, -0.25) is 0 Å². The maximum absolute atomic E-state index is 4.64. The van der Waals surface area contributed by atoms with Gasteiger partial charge in [0.2, 0.25) is 0 Å². The Labute approximate surface area is 134 Å². The molecule has 3 nitrogen and oxygen atoms in total. The van der Waals surface area contributed by atoms with E-state index in [-0.39, 0.29) is 6.04 Å². The number of halogens is 1. The van der Waals surface area contributed by atoms with E-state index in [9.17, 15) is 0 Å².